The molecule has 0 amide bonds. The van der Waals surface area contributed by atoms with Crippen LogP contribution in [-0.4, -0.2) is 48.6 Å². The Labute approximate surface area is 92.0 Å². The van der Waals surface area contributed by atoms with E-state index in [1.54, 1.807) is 0 Å². The van der Waals surface area contributed by atoms with Gasteiger partial charge in [-0.3, -0.25) is 14.4 Å². The van der Waals surface area contributed by atoms with Crippen molar-refractivity contribution in [3.8, 4) is 0 Å². The molecule has 0 fully saturated rings. The number of hydrogen-bond acceptors (Lipinski definition) is 3. The minimum atomic E-state index is -4.66. The molecule has 0 atom stereocenters. The monoisotopic (exact) mass is 243 g/mol. The molecule has 0 spiro atoms. The maximum Gasteiger partial charge on any atom is 0.522 e. The summed E-state index contributed by atoms with van der Waals surface area (Å²) >= 11 is 0. The van der Waals surface area contributed by atoms with Gasteiger partial charge in [0.05, 0.1) is 13.2 Å². The number of rotatable bonds is 7. The zero-order valence-electron chi connectivity index (χ0n) is 9.25. The Balaban J connectivity index is 3.96. The third-order valence-corrected chi connectivity index (χ3v) is 1.66. The van der Waals surface area contributed by atoms with Gasteiger partial charge in [0.15, 0.2) is 0 Å². The van der Waals surface area contributed by atoms with Crippen molar-refractivity contribution < 1.29 is 27.8 Å². The molecular formula is C9H16F3NO3. The predicted molar refractivity (Wildman–Crippen MR) is 50.9 cm³/mol. The van der Waals surface area contributed by atoms with Gasteiger partial charge in [-0.25, -0.2) is 0 Å². The molecule has 0 aromatic carbocycles. The van der Waals surface area contributed by atoms with Gasteiger partial charge in [-0.15, -0.1) is 13.2 Å². The first kappa shape index (κ1) is 15.2. The number of carboxylic acids is 1. The highest BCUT2D eigenvalue weighted by molar-refractivity contribution is 5.69. The molecule has 0 rings (SSSR count). The second-order valence-electron chi connectivity index (χ2n) is 3.82. The van der Waals surface area contributed by atoms with Crippen molar-refractivity contribution >= 4 is 5.97 Å². The van der Waals surface area contributed by atoms with E-state index in [0.29, 0.717) is 6.54 Å². The van der Waals surface area contributed by atoms with Crippen LogP contribution in [0.3, 0.4) is 0 Å². The van der Waals surface area contributed by atoms with Crippen molar-refractivity contribution in [1.82, 2.24) is 4.90 Å². The topological polar surface area (TPSA) is 49.8 Å². The first-order valence-electron chi connectivity index (χ1n) is 4.85. The normalized spacial score (nSPS) is 12.4. The zero-order chi connectivity index (χ0) is 12.8. The number of hydrogen-bond donors (Lipinski definition) is 1. The van der Waals surface area contributed by atoms with Crippen molar-refractivity contribution in [2.75, 3.05) is 26.2 Å². The van der Waals surface area contributed by atoms with E-state index in [0.717, 1.165) is 0 Å². The Bertz CT molecular complexity index is 219. The lowest BCUT2D eigenvalue weighted by Gasteiger charge is -2.22. The van der Waals surface area contributed by atoms with E-state index in [1.165, 1.54) is 4.90 Å². The van der Waals surface area contributed by atoms with Crippen LogP contribution >= 0.6 is 0 Å². The summed E-state index contributed by atoms with van der Waals surface area (Å²) in [5.74, 6) is -0.877. The Morgan fingerprint density at radius 3 is 2.38 bits per heavy atom. The number of carbonyl (C=O) groups is 1. The molecule has 0 aromatic rings. The van der Waals surface area contributed by atoms with Crippen molar-refractivity contribution in [2.45, 2.75) is 20.2 Å². The summed E-state index contributed by atoms with van der Waals surface area (Å²) in [6, 6.07) is 0. The molecular weight excluding hydrogens is 227 g/mol. The van der Waals surface area contributed by atoms with Gasteiger partial charge >= 0.3 is 12.3 Å². The smallest absolute Gasteiger partial charge is 0.480 e. The Morgan fingerprint density at radius 1 is 1.44 bits per heavy atom. The molecule has 0 saturated carbocycles. The molecule has 0 aliphatic rings. The maximum atomic E-state index is 11.7. The molecule has 0 aromatic heterocycles. The van der Waals surface area contributed by atoms with Gasteiger partial charge in [-0.05, 0) is 5.92 Å². The van der Waals surface area contributed by atoms with Gasteiger partial charge in [0, 0.05) is 13.1 Å². The lowest BCUT2D eigenvalue weighted by Crippen LogP contribution is -2.36. The van der Waals surface area contributed by atoms with Crippen molar-refractivity contribution in [1.29, 1.82) is 0 Å². The quantitative estimate of drug-likeness (QED) is 0.737. The van der Waals surface area contributed by atoms with Crippen LogP contribution in [0.4, 0.5) is 13.2 Å². The molecule has 4 nitrogen and oxygen atoms in total. The zero-order valence-corrected chi connectivity index (χ0v) is 9.25. The van der Waals surface area contributed by atoms with Crippen LogP contribution in [-0.2, 0) is 9.53 Å². The Morgan fingerprint density at radius 2 is 2.00 bits per heavy atom. The lowest BCUT2D eigenvalue weighted by atomic mass is 10.2. The first-order chi connectivity index (χ1) is 7.20. The molecule has 96 valence electrons. The van der Waals surface area contributed by atoms with Crippen LogP contribution in [0.25, 0.3) is 0 Å². The van der Waals surface area contributed by atoms with E-state index in [1.807, 2.05) is 13.8 Å². The summed E-state index contributed by atoms with van der Waals surface area (Å²) in [5.41, 5.74) is 0. The summed E-state index contributed by atoms with van der Waals surface area (Å²) in [4.78, 5) is 11.9. The van der Waals surface area contributed by atoms with E-state index in [2.05, 4.69) is 4.74 Å². The second-order valence-corrected chi connectivity index (χ2v) is 3.82. The van der Waals surface area contributed by atoms with Crippen LogP contribution in [0.15, 0.2) is 0 Å². The molecule has 0 aliphatic carbocycles. The number of aliphatic carboxylic acids is 1. The van der Waals surface area contributed by atoms with E-state index < -0.39 is 18.9 Å². The number of halogens is 3. The van der Waals surface area contributed by atoms with Gasteiger partial charge in [0.2, 0.25) is 0 Å². The fourth-order valence-electron chi connectivity index (χ4n) is 1.23. The molecule has 0 aliphatic heterocycles. The summed E-state index contributed by atoms with van der Waals surface area (Å²) in [6.07, 6.45) is -4.66. The Kier molecular flexibility index (Phi) is 6.35. The molecule has 1 N–H and O–H groups in total. The lowest BCUT2D eigenvalue weighted by molar-refractivity contribution is -0.325. The fraction of sp³-hybridized carbons (Fsp3) is 0.889. The van der Waals surface area contributed by atoms with Crippen molar-refractivity contribution in [3.63, 3.8) is 0 Å². The highest BCUT2D eigenvalue weighted by Crippen LogP contribution is 2.15. The van der Waals surface area contributed by atoms with Gasteiger partial charge in [-0.2, -0.15) is 0 Å². The van der Waals surface area contributed by atoms with Crippen LogP contribution in [0.2, 0.25) is 0 Å². The number of ether oxygens (including phenoxy) is 1. The summed E-state index contributed by atoms with van der Waals surface area (Å²) < 4.78 is 38.6. The van der Waals surface area contributed by atoms with Crippen LogP contribution in [0.1, 0.15) is 13.8 Å². The molecule has 0 bridgehead atoms. The molecule has 16 heavy (non-hydrogen) atoms. The highest BCUT2D eigenvalue weighted by atomic mass is 19.4. The number of carboxylic acid groups (broad SMARTS) is 1. The molecule has 0 saturated heterocycles. The summed E-state index contributed by atoms with van der Waals surface area (Å²) in [5, 5.41) is 8.55. The third-order valence-electron chi connectivity index (χ3n) is 1.66. The van der Waals surface area contributed by atoms with Gasteiger partial charge in [0.25, 0.3) is 0 Å². The maximum absolute atomic E-state index is 11.7. The molecule has 7 heteroatoms. The van der Waals surface area contributed by atoms with E-state index >= 15 is 0 Å². The highest BCUT2D eigenvalue weighted by Gasteiger charge is 2.29. The molecule has 0 radical (unpaired) electrons. The summed E-state index contributed by atoms with van der Waals surface area (Å²) in [6.45, 7) is 3.26. The summed E-state index contributed by atoms with van der Waals surface area (Å²) in [7, 11) is 0. The molecule has 0 heterocycles. The molecule has 0 unspecified atom stereocenters. The number of alkyl halides is 3. The van der Waals surface area contributed by atoms with E-state index in [-0.39, 0.29) is 19.0 Å². The third kappa shape index (κ3) is 9.72. The van der Waals surface area contributed by atoms with Crippen molar-refractivity contribution in [2.24, 2.45) is 5.92 Å². The van der Waals surface area contributed by atoms with Gasteiger partial charge < -0.3 is 5.11 Å². The van der Waals surface area contributed by atoms with Crippen LogP contribution < -0.4 is 0 Å². The van der Waals surface area contributed by atoms with Crippen LogP contribution in [0.5, 0.6) is 0 Å². The largest absolute Gasteiger partial charge is 0.522 e. The van der Waals surface area contributed by atoms with E-state index in [4.69, 9.17) is 5.11 Å². The van der Waals surface area contributed by atoms with Gasteiger partial charge in [0.1, 0.15) is 0 Å². The minimum Gasteiger partial charge on any atom is -0.480 e. The van der Waals surface area contributed by atoms with E-state index in [9.17, 15) is 18.0 Å². The predicted octanol–water partition coefficient (Wildman–Crippen LogP) is 1.57. The van der Waals surface area contributed by atoms with Gasteiger partial charge in [-0.1, -0.05) is 13.8 Å². The minimum absolute atomic E-state index is 0.0516. The van der Waals surface area contributed by atoms with Crippen molar-refractivity contribution in [3.05, 3.63) is 0 Å². The second kappa shape index (κ2) is 6.70. The van der Waals surface area contributed by atoms with Crippen LogP contribution in [0, 0.1) is 5.92 Å². The standard InChI is InChI=1S/C9H16F3NO3/c1-7(2)5-13(6-8(14)15)3-4-16-9(10,11)12/h7H,3-6H2,1-2H3,(H,14,15). The Hall–Kier alpha value is -0.820. The first-order valence-corrected chi connectivity index (χ1v) is 4.85. The average molecular weight is 243 g/mol. The number of nitrogens with zero attached hydrogens (tertiary/aromatic N) is 1. The fourth-order valence-corrected chi connectivity index (χ4v) is 1.23. The SMILES string of the molecule is CC(C)CN(CCOC(F)(F)F)CC(=O)O. The average Bonchev–Trinajstić information content (AvgIpc) is 1.98.